The van der Waals surface area contributed by atoms with Gasteiger partial charge in [-0.05, 0) is 36.9 Å². The second kappa shape index (κ2) is 20.7. The van der Waals surface area contributed by atoms with Crippen LogP contribution in [0.5, 0.6) is 0 Å². The van der Waals surface area contributed by atoms with Crippen molar-refractivity contribution in [1.29, 1.82) is 5.26 Å². The second-order valence-electron chi connectivity index (χ2n) is 10.6. The van der Waals surface area contributed by atoms with E-state index in [9.17, 15) is 5.26 Å². The van der Waals surface area contributed by atoms with Gasteiger partial charge < -0.3 is 6.15 Å². The highest BCUT2D eigenvalue weighted by molar-refractivity contribution is 8.52. The molecule has 0 aromatic heterocycles. The molecule has 3 N–H and O–H groups in total. The maximum atomic E-state index is 9.94. The topological polar surface area (TPSA) is 58.8 Å². The zero-order valence-electron chi connectivity index (χ0n) is 21.7. The van der Waals surface area contributed by atoms with E-state index < -0.39 is 9.16 Å². The Labute approximate surface area is 192 Å². The monoisotopic (exact) mass is 444 g/mol. The third-order valence-electron chi connectivity index (χ3n) is 6.80. The van der Waals surface area contributed by atoms with Gasteiger partial charge in [-0.25, -0.2) is 9.16 Å². The van der Waals surface area contributed by atoms with E-state index in [1.807, 2.05) is 0 Å². The first-order chi connectivity index (χ1) is 14.0. The van der Waals surface area contributed by atoms with E-state index in [4.69, 9.17) is 0 Å². The lowest BCUT2D eigenvalue weighted by Crippen LogP contribution is -2.21. The van der Waals surface area contributed by atoms with Crippen LogP contribution < -0.4 is 6.15 Å². The SMILES string of the molecule is CCCCCCCCCCCC[SH](C)(C)(C#N)CCCCCCCCCCCC.N. The number of nitriles is 1. The van der Waals surface area contributed by atoms with Crippen LogP contribution >= 0.6 is 9.16 Å². The molecule has 0 rings (SSSR count). The molecule has 0 aromatic carbocycles. The minimum absolute atomic E-state index is 0. The number of hydrogen-bond acceptors (Lipinski definition) is 2. The predicted octanol–water partition coefficient (Wildman–Crippen LogP) is 9.80. The lowest BCUT2D eigenvalue weighted by Gasteiger charge is -2.48. The van der Waals surface area contributed by atoms with Crippen LogP contribution in [0.2, 0.25) is 0 Å². The van der Waals surface area contributed by atoms with Gasteiger partial charge in [-0.15, -0.1) is 0 Å². The van der Waals surface area contributed by atoms with Crippen LogP contribution in [-0.2, 0) is 0 Å². The van der Waals surface area contributed by atoms with Gasteiger partial charge in [0.25, 0.3) is 0 Å². The Hall–Kier alpha value is -0.200. The molecular weight excluding hydrogens is 384 g/mol. The van der Waals surface area contributed by atoms with Crippen molar-refractivity contribution in [3.8, 4) is 5.40 Å². The van der Waals surface area contributed by atoms with Gasteiger partial charge in [-0.2, -0.15) is 5.26 Å². The summed E-state index contributed by atoms with van der Waals surface area (Å²) in [5.74, 6) is 2.41. The standard InChI is InChI=1S/C27H57NS.H3N/c1-5-7-9-11-13-15-17-19-21-23-25-29(3,4,27-28)26-24-22-20-18-16-14-12-10-8-6-2;/h29H,5-26H2,1-4H3;1H3. The van der Waals surface area contributed by atoms with Crippen molar-refractivity contribution in [2.24, 2.45) is 0 Å². The van der Waals surface area contributed by atoms with E-state index in [0.717, 1.165) is 0 Å². The van der Waals surface area contributed by atoms with Crippen molar-refractivity contribution in [3.05, 3.63) is 0 Å². The van der Waals surface area contributed by atoms with Crippen molar-refractivity contribution < 1.29 is 0 Å². The first-order valence-electron chi connectivity index (χ1n) is 13.4. The highest BCUT2D eigenvalue weighted by Gasteiger charge is 2.29. The van der Waals surface area contributed by atoms with Crippen LogP contribution in [0.3, 0.4) is 0 Å². The minimum atomic E-state index is -2.08. The van der Waals surface area contributed by atoms with E-state index in [1.54, 1.807) is 0 Å². The Bertz CT molecular complexity index is 372. The molecular formula is C27H60N2S. The molecule has 0 fully saturated rings. The first kappa shape index (κ1) is 32.0. The van der Waals surface area contributed by atoms with Gasteiger partial charge in [0.1, 0.15) is 0 Å². The molecule has 0 aliphatic heterocycles. The number of rotatable bonds is 22. The highest BCUT2D eigenvalue weighted by Crippen LogP contribution is 2.63. The summed E-state index contributed by atoms with van der Waals surface area (Å²) in [6.07, 6.45) is 32.5. The fourth-order valence-electron chi connectivity index (χ4n) is 4.42. The molecule has 0 heterocycles. The molecule has 0 amide bonds. The summed E-state index contributed by atoms with van der Waals surface area (Å²) in [6, 6.07) is 0. The van der Waals surface area contributed by atoms with Crippen LogP contribution in [0.15, 0.2) is 0 Å². The third kappa shape index (κ3) is 19.7. The zero-order valence-corrected chi connectivity index (χ0v) is 22.6. The van der Waals surface area contributed by atoms with Gasteiger partial charge in [0.15, 0.2) is 0 Å². The predicted molar refractivity (Wildman–Crippen MR) is 145 cm³/mol. The van der Waals surface area contributed by atoms with Crippen LogP contribution in [0.25, 0.3) is 0 Å². The van der Waals surface area contributed by atoms with Crippen molar-refractivity contribution in [1.82, 2.24) is 6.15 Å². The third-order valence-corrected chi connectivity index (χ3v) is 11.0. The summed E-state index contributed by atoms with van der Waals surface area (Å²) in [4.78, 5) is 0. The normalized spacial score (nSPS) is 12.7. The molecule has 0 aliphatic carbocycles. The fraction of sp³-hybridized carbons (Fsp3) is 0.963. The Morgan fingerprint density at radius 2 is 0.700 bits per heavy atom. The summed E-state index contributed by atoms with van der Waals surface area (Å²) in [7, 11) is -2.08. The number of thiol groups is 1. The molecule has 0 aliphatic rings. The average Bonchev–Trinajstić information content (AvgIpc) is 2.71. The molecule has 0 saturated carbocycles. The molecule has 184 valence electrons. The van der Waals surface area contributed by atoms with Crippen molar-refractivity contribution >= 4 is 9.16 Å². The molecule has 0 unspecified atom stereocenters. The number of thiocyanates is 1. The molecule has 0 atom stereocenters. The maximum Gasteiger partial charge on any atom is 0.0957 e. The van der Waals surface area contributed by atoms with Gasteiger partial charge in [0.05, 0.1) is 5.40 Å². The van der Waals surface area contributed by atoms with E-state index in [1.165, 1.54) is 140 Å². The molecule has 3 heteroatoms. The fourth-order valence-corrected chi connectivity index (χ4v) is 7.32. The number of unbranched alkanes of at least 4 members (excludes halogenated alkanes) is 18. The number of hydrogen-bond donors (Lipinski definition) is 2. The Kier molecular flexibility index (Phi) is 22.1. The van der Waals surface area contributed by atoms with E-state index >= 15 is 0 Å². The Morgan fingerprint density at radius 1 is 0.467 bits per heavy atom. The Balaban J connectivity index is 0. The largest absolute Gasteiger partial charge is 0.344 e. The number of nitrogens with zero attached hydrogens (tertiary/aromatic N) is 1. The van der Waals surface area contributed by atoms with Crippen molar-refractivity contribution in [2.75, 3.05) is 24.0 Å². The van der Waals surface area contributed by atoms with E-state index in [2.05, 4.69) is 31.8 Å². The first-order valence-corrected chi connectivity index (χ1v) is 16.9. The quantitative estimate of drug-likeness (QED) is 0.0991. The lowest BCUT2D eigenvalue weighted by molar-refractivity contribution is 0.561. The second-order valence-corrected chi connectivity index (χ2v) is 17.1. The molecule has 0 aromatic rings. The summed E-state index contributed by atoms with van der Waals surface area (Å²) < 4.78 is 0. The highest BCUT2D eigenvalue weighted by atomic mass is 32.3. The summed E-state index contributed by atoms with van der Waals surface area (Å²) in [5.41, 5.74) is 0. The van der Waals surface area contributed by atoms with Gasteiger partial charge in [0.2, 0.25) is 0 Å². The molecule has 0 saturated heterocycles. The smallest absolute Gasteiger partial charge is 0.0957 e. The van der Waals surface area contributed by atoms with Crippen LogP contribution in [0.4, 0.5) is 0 Å². The lowest BCUT2D eigenvalue weighted by atomic mass is 10.1. The summed E-state index contributed by atoms with van der Waals surface area (Å²) in [6.45, 7) is 4.57. The Morgan fingerprint density at radius 3 is 0.933 bits per heavy atom. The van der Waals surface area contributed by atoms with Crippen LogP contribution in [-0.4, -0.2) is 24.0 Å². The van der Waals surface area contributed by atoms with Crippen molar-refractivity contribution in [2.45, 2.75) is 142 Å². The minimum Gasteiger partial charge on any atom is -0.344 e. The van der Waals surface area contributed by atoms with Gasteiger partial charge in [-0.3, -0.25) is 0 Å². The average molecular weight is 445 g/mol. The molecule has 2 nitrogen and oxygen atoms in total. The molecule has 0 spiro atoms. The van der Waals surface area contributed by atoms with Crippen molar-refractivity contribution in [3.63, 3.8) is 0 Å². The van der Waals surface area contributed by atoms with Gasteiger partial charge in [0, 0.05) is 0 Å². The maximum absolute atomic E-state index is 9.94. The molecule has 0 radical (unpaired) electrons. The molecule has 30 heavy (non-hydrogen) atoms. The van der Waals surface area contributed by atoms with E-state index in [0.29, 0.717) is 0 Å². The summed E-state index contributed by atoms with van der Waals surface area (Å²) in [5, 5.41) is 12.8. The van der Waals surface area contributed by atoms with Crippen LogP contribution in [0, 0.1) is 10.7 Å². The zero-order chi connectivity index (χ0) is 21.7. The van der Waals surface area contributed by atoms with Gasteiger partial charge >= 0.3 is 0 Å². The van der Waals surface area contributed by atoms with Crippen LogP contribution in [0.1, 0.15) is 142 Å². The summed E-state index contributed by atoms with van der Waals surface area (Å²) >= 11 is 0. The molecule has 0 bridgehead atoms. The van der Waals surface area contributed by atoms with E-state index in [-0.39, 0.29) is 6.15 Å². The van der Waals surface area contributed by atoms with Gasteiger partial charge in [-0.1, -0.05) is 129 Å².